The Hall–Kier alpha value is -2.00. The van der Waals surface area contributed by atoms with E-state index in [0.29, 0.717) is 32.6 Å². The van der Waals surface area contributed by atoms with Crippen LogP contribution in [0.25, 0.3) is 0 Å². The summed E-state index contributed by atoms with van der Waals surface area (Å²) in [7, 11) is -3.65. The third kappa shape index (κ3) is 3.91. The Bertz CT molecular complexity index is 922. The minimum absolute atomic E-state index is 0. The molecule has 2 saturated heterocycles. The van der Waals surface area contributed by atoms with Crippen LogP contribution in [0.15, 0.2) is 53.7 Å². The molecular formula is C19H23ClN4O3S. The SMILES string of the molecule is Cl.O=C1CCCN1c1ccc(S(=O)(=O)N2CCNCC2c2cccnc2)cc1. The molecule has 0 radical (unpaired) electrons. The van der Waals surface area contributed by atoms with Crippen molar-refractivity contribution >= 4 is 34.0 Å². The molecule has 4 rings (SSSR count). The molecule has 9 heteroatoms. The number of anilines is 1. The van der Waals surface area contributed by atoms with Gasteiger partial charge in [0, 0.05) is 50.7 Å². The summed E-state index contributed by atoms with van der Waals surface area (Å²) in [5, 5.41) is 3.26. The van der Waals surface area contributed by atoms with Gasteiger partial charge in [-0.2, -0.15) is 4.31 Å². The number of halogens is 1. The van der Waals surface area contributed by atoms with Crippen molar-refractivity contribution in [2.45, 2.75) is 23.8 Å². The van der Waals surface area contributed by atoms with Crippen molar-refractivity contribution in [1.29, 1.82) is 0 Å². The Balaban J connectivity index is 0.00000225. The molecule has 7 nitrogen and oxygen atoms in total. The van der Waals surface area contributed by atoms with E-state index in [1.165, 1.54) is 4.31 Å². The third-order valence-electron chi connectivity index (χ3n) is 5.09. The Kier molecular flexibility index (Phi) is 6.34. The molecule has 2 aliphatic heterocycles. The van der Waals surface area contributed by atoms with E-state index >= 15 is 0 Å². The van der Waals surface area contributed by atoms with Crippen molar-refractivity contribution in [1.82, 2.24) is 14.6 Å². The average molecular weight is 423 g/mol. The second-order valence-electron chi connectivity index (χ2n) is 6.76. The van der Waals surface area contributed by atoms with E-state index in [-0.39, 0.29) is 29.3 Å². The maximum Gasteiger partial charge on any atom is 0.243 e. The number of hydrogen-bond donors (Lipinski definition) is 1. The van der Waals surface area contributed by atoms with Crippen LogP contribution in [0.1, 0.15) is 24.4 Å². The predicted molar refractivity (Wildman–Crippen MR) is 109 cm³/mol. The lowest BCUT2D eigenvalue weighted by molar-refractivity contribution is -0.117. The fourth-order valence-electron chi connectivity index (χ4n) is 3.69. The zero-order valence-corrected chi connectivity index (χ0v) is 17.0. The van der Waals surface area contributed by atoms with E-state index in [0.717, 1.165) is 17.7 Å². The summed E-state index contributed by atoms with van der Waals surface area (Å²) < 4.78 is 28.1. The summed E-state index contributed by atoms with van der Waals surface area (Å²) in [6.07, 6.45) is 4.78. The van der Waals surface area contributed by atoms with Crippen molar-refractivity contribution in [3.63, 3.8) is 0 Å². The van der Waals surface area contributed by atoms with Crippen LogP contribution in [-0.2, 0) is 14.8 Å². The molecule has 2 aliphatic rings. The van der Waals surface area contributed by atoms with Crippen LogP contribution in [0.5, 0.6) is 0 Å². The Morgan fingerprint density at radius 2 is 1.89 bits per heavy atom. The number of benzene rings is 1. The summed E-state index contributed by atoms with van der Waals surface area (Å²) in [6, 6.07) is 10.1. The van der Waals surface area contributed by atoms with Gasteiger partial charge in [0.2, 0.25) is 15.9 Å². The number of nitrogens with zero attached hydrogens (tertiary/aromatic N) is 3. The number of pyridine rings is 1. The number of amides is 1. The van der Waals surface area contributed by atoms with Gasteiger partial charge < -0.3 is 10.2 Å². The van der Waals surface area contributed by atoms with E-state index in [1.54, 1.807) is 41.6 Å². The molecule has 1 N–H and O–H groups in total. The van der Waals surface area contributed by atoms with Gasteiger partial charge in [-0.1, -0.05) is 6.07 Å². The predicted octanol–water partition coefficient (Wildman–Crippen LogP) is 1.97. The second kappa shape index (κ2) is 8.57. The fraction of sp³-hybridized carbons (Fsp3) is 0.368. The van der Waals surface area contributed by atoms with Gasteiger partial charge in [0.25, 0.3) is 0 Å². The lowest BCUT2D eigenvalue weighted by atomic mass is 10.1. The first-order chi connectivity index (χ1) is 13.1. The van der Waals surface area contributed by atoms with E-state index in [9.17, 15) is 13.2 Å². The van der Waals surface area contributed by atoms with Crippen molar-refractivity contribution in [3.05, 3.63) is 54.4 Å². The van der Waals surface area contributed by atoms with Crippen LogP contribution >= 0.6 is 12.4 Å². The van der Waals surface area contributed by atoms with Crippen LogP contribution in [-0.4, -0.2) is 49.8 Å². The van der Waals surface area contributed by atoms with Gasteiger partial charge in [0.05, 0.1) is 10.9 Å². The first-order valence-electron chi connectivity index (χ1n) is 9.10. The molecule has 0 spiro atoms. The van der Waals surface area contributed by atoms with E-state index < -0.39 is 10.0 Å². The number of carbonyl (C=O) groups is 1. The molecule has 0 aliphatic carbocycles. The lowest BCUT2D eigenvalue weighted by Gasteiger charge is -2.35. The first kappa shape index (κ1) is 20.7. The van der Waals surface area contributed by atoms with Gasteiger partial charge in [-0.25, -0.2) is 8.42 Å². The summed E-state index contributed by atoms with van der Waals surface area (Å²) in [4.78, 5) is 18.0. The van der Waals surface area contributed by atoms with E-state index in [1.807, 2.05) is 12.1 Å². The summed E-state index contributed by atoms with van der Waals surface area (Å²) >= 11 is 0. The Morgan fingerprint density at radius 3 is 2.54 bits per heavy atom. The fourth-order valence-corrected chi connectivity index (χ4v) is 5.30. The molecular weight excluding hydrogens is 400 g/mol. The molecule has 1 amide bonds. The van der Waals surface area contributed by atoms with Crippen LogP contribution in [0.3, 0.4) is 0 Å². The van der Waals surface area contributed by atoms with Gasteiger partial charge >= 0.3 is 0 Å². The first-order valence-corrected chi connectivity index (χ1v) is 10.5. The second-order valence-corrected chi connectivity index (χ2v) is 8.66. The van der Waals surface area contributed by atoms with Crippen LogP contribution in [0, 0.1) is 0 Å². The highest BCUT2D eigenvalue weighted by Gasteiger charge is 2.34. The molecule has 0 bridgehead atoms. The van der Waals surface area contributed by atoms with Crippen molar-refractivity contribution in [3.8, 4) is 0 Å². The lowest BCUT2D eigenvalue weighted by Crippen LogP contribution is -2.48. The molecule has 1 atom stereocenters. The highest BCUT2D eigenvalue weighted by molar-refractivity contribution is 7.89. The molecule has 3 heterocycles. The highest BCUT2D eigenvalue weighted by Crippen LogP contribution is 2.30. The van der Waals surface area contributed by atoms with Crippen LogP contribution < -0.4 is 10.2 Å². The molecule has 1 aromatic heterocycles. The van der Waals surface area contributed by atoms with Crippen LogP contribution in [0.2, 0.25) is 0 Å². The monoisotopic (exact) mass is 422 g/mol. The number of hydrogen-bond acceptors (Lipinski definition) is 5. The van der Waals surface area contributed by atoms with E-state index in [2.05, 4.69) is 10.3 Å². The molecule has 28 heavy (non-hydrogen) atoms. The summed E-state index contributed by atoms with van der Waals surface area (Å²) in [6.45, 7) is 2.24. The Morgan fingerprint density at radius 1 is 1.11 bits per heavy atom. The van der Waals surface area contributed by atoms with E-state index in [4.69, 9.17) is 0 Å². The highest BCUT2D eigenvalue weighted by atomic mass is 35.5. The van der Waals surface area contributed by atoms with Gasteiger partial charge in [-0.15, -0.1) is 12.4 Å². The van der Waals surface area contributed by atoms with Crippen molar-refractivity contribution in [2.75, 3.05) is 31.1 Å². The largest absolute Gasteiger partial charge is 0.313 e. The third-order valence-corrected chi connectivity index (χ3v) is 7.01. The number of nitrogens with one attached hydrogen (secondary N) is 1. The zero-order chi connectivity index (χ0) is 18.9. The van der Waals surface area contributed by atoms with Crippen molar-refractivity contribution < 1.29 is 13.2 Å². The Labute approximate surface area is 171 Å². The number of piperazine rings is 1. The maximum absolute atomic E-state index is 13.3. The average Bonchev–Trinajstić information content (AvgIpc) is 3.15. The van der Waals surface area contributed by atoms with Crippen LogP contribution in [0.4, 0.5) is 5.69 Å². The normalized spacial score (nSPS) is 20.8. The number of carbonyl (C=O) groups excluding carboxylic acids is 1. The standard InChI is InChI=1S/C19H22N4O3S.ClH/c24-19-4-2-11-22(19)16-5-7-17(8-6-16)27(25,26)23-12-10-21-14-18(23)15-3-1-9-20-13-15;/h1,3,5-9,13,18,21H,2,4,10-12,14H2;1H. The van der Waals surface area contributed by atoms with Gasteiger partial charge in [-0.3, -0.25) is 9.78 Å². The molecule has 2 aromatic rings. The van der Waals surface area contributed by atoms with Gasteiger partial charge in [-0.05, 0) is 42.3 Å². The molecule has 0 saturated carbocycles. The quantitative estimate of drug-likeness (QED) is 0.814. The summed E-state index contributed by atoms with van der Waals surface area (Å²) in [5.74, 6) is 0.0874. The van der Waals surface area contributed by atoms with Gasteiger partial charge in [0.1, 0.15) is 0 Å². The number of aromatic nitrogens is 1. The smallest absolute Gasteiger partial charge is 0.243 e. The minimum Gasteiger partial charge on any atom is -0.313 e. The molecule has 1 aromatic carbocycles. The number of sulfonamides is 1. The maximum atomic E-state index is 13.3. The summed E-state index contributed by atoms with van der Waals surface area (Å²) in [5.41, 5.74) is 1.62. The zero-order valence-electron chi connectivity index (χ0n) is 15.3. The molecule has 1 unspecified atom stereocenters. The minimum atomic E-state index is -3.65. The van der Waals surface area contributed by atoms with Crippen molar-refractivity contribution in [2.24, 2.45) is 0 Å². The topological polar surface area (TPSA) is 82.6 Å². The molecule has 2 fully saturated rings. The molecule has 150 valence electrons. The number of rotatable bonds is 4. The van der Waals surface area contributed by atoms with Gasteiger partial charge in [0.15, 0.2) is 0 Å².